The molecule has 0 aliphatic heterocycles. The quantitative estimate of drug-likeness (QED) is 0.264. The number of aromatic nitrogens is 1. The van der Waals surface area contributed by atoms with Crippen molar-refractivity contribution in [3.05, 3.63) is 106 Å². The fourth-order valence-corrected chi connectivity index (χ4v) is 3.43. The molecule has 2 aromatic carbocycles. The lowest BCUT2D eigenvalue weighted by Crippen LogP contribution is -2.17. The Kier molecular flexibility index (Phi) is 5.67. The molecule has 0 saturated carbocycles. The molecule has 0 saturated heterocycles. The molecular weight excluding hydrogens is 408 g/mol. The number of amides is 1. The fraction of sp³-hybridized carbons (Fsp3) is 0.0833. The summed E-state index contributed by atoms with van der Waals surface area (Å²) in [4.78, 5) is 23.0. The molecular formula is C24H20N4O4. The van der Waals surface area contributed by atoms with Crippen molar-refractivity contribution in [3.8, 4) is 17.0 Å². The van der Waals surface area contributed by atoms with E-state index in [1.54, 1.807) is 36.4 Å². The van der Waals surface area contributed by atoms with Crippen LogP contribution in [0.4, 0.5) is 5.69 Å². The van der Waals surface area contributed by atoms with Gasteiger partial charge in [0.15, 0.2) is 0 Å². The van der Waals surface area contributed by atoms with Gasteiger partial charge in [-0.1, -0.05) is 18.2 Å². The molecule has 0 atom stereocenters. The lowest BCUT2D eigenvalue weighted by molar-refractivity contribution is -0.384. The molecule has 4 aromatic rings. The number of carbonyl (C=O) groups excluding carboxylic acids is 1. The van der Waals surface area contributed by atoms with Gasteiger partial charge in [0.25, 0.3) is 11.6 Å². The molecule has 0 fully saturated rings. The first kappa shape index (κ1) is 20.8. The Morgan fingerprint density at radius 3 is 2.53 bits per heavy atom. The van der Waals surface area contributed by atoms with E-state index in [0.29, 0.717) is 22.6 Å². The van der Waals surface area contributed by atoms with Crippen LogP contribution in [0, 0.1) is 24.0 Å². The van der Waals surface area contributed by atoms with Crippen LogP contribution >= 0.6 is 0 Å². The van der Waals surface area contributed by atoms with Crippen LogP contribution in [0.15, 0.2) is 82.3 Å². The van der Waals surface area contributed by atoms with E-state index in [1.165, 1.54) is 18.3 Å². The molecule has 8 heteroatoms. The van der Waals surface area contributed by atoms with Crippen LogP contribution in [0.5, 0.6) is 0 Å². The number of non-ortho nitro benzene ring substituents is 1. The average molecular weight is 428 g/mol. The highest BCUT2D eigenvalue weighted by atomic mass is 16.6. The van der Waals surface area contributed by atoms with Gasteiger partial charge in [0.05, 0.1) is 11.1 Å². The molecule has 1 N–H and O–H groups in total. The molecule has 32 heavy (non-hydrogen) atoms. The van der Waals surface area contributed by atoms with Gasteiger partial charge in [-0.25, -0.2) is 5.43 Å². The topological polar surface area (TPSA) is 103 Å². The second kappa shape index (κ2) is 8.73. The number of hydrogen-bond acceptors (Lipinski definition) is 5. The highest BCUT2D eigenvalue weighted by Gasteiger charge is 2.11. The third kappa shape index (κ3) is 4.34. The predicted octanol–water partition coefficient (Wildman–Crippen LogP) is 5.03. The van der Waals surface area contributed by atoms with E-state index in [1.807, 2.05) is 38.1 Å². The lowest BCUT2D eigenvalue weighted by Gasteiger charge is -2.10. The summed E-state index contributed by atoms with van der Waals surface area (Å²) in [5.74, 6) is 0.516. The summed E-state index contributed by atoms with van der Waals surface area (Å²) in [6.45, 7) is 4.02. The Bertz CT molecular complexity index is 1310. The maximum atomic E-state index is 12.5. The Morgan fingerprint density at radius 1 is 1.03 bits per heavy atom. The van der Waals surface area contributed by atoms with Crippen LogP contribution in [0.2, 0.25) is 0 Å². The number of hydrogen-bond donors (Lipinski definition) is 1. The van der Waals surface area contributed by atoms with Crippen molar-refractivity contribution in [2.45, 2.75) is 13.8 Å². The number of furan rings is 1. The molecule has 2 heterocycles. The number of nitrogens with one attached hydrogen (secondary N) is 1. The maximum Gasteiger partial charge on any atom is 0.271 e. The number of hydrazone groups is 1. The monoisotopic (exact) mass is 428 g/mol. The Hall–Kier alpha value is -4.46. The zero-order valence-electron chi connectivity index (χ0n) is 17.5. The van der Waals surface area contributed by atoms with Crippen LogP contribution in [0.1, 0.15) is 27.5 Å². The summed E-state index contributed by atoms with van der Waals surface area (Å²) in [7, 11) is 0. The molecule has 0 unspecified atom stereocenters. The minimum Gasteiger partial charge on any atom is -0.455 e. The summed E-state index contributed by atoms with van der Waals surface area (Å²) in [6.07, 6.45) is 1.38. The smallest absolute Gasteiger partial charge is 0.271 e. The van der Waals surface area contributed by atoms with E-state index < -0.39 is 4.92 Å². The highest BCUT2D eigenvalue weighted by Crippen LogP contribution is 2.25. The van der Waals surface area contributed by atoms with Crippen molar-refractivity contribution in [1.29, 1.82) is 0 Å². The second-order valence-corrected chi connectivity index (χ2v) is 7.21. The first-order valence-corrected chi connectivity index (χ1v) is 9.86. The van der Waals surface area contributed by atoms with Gasteiger partial charge in [0, 0.05) is 40.3 Å². The van der Waals surface area contributed by atoms with Gasteiger partial charge in [-0.15, -0.1) is 0 Å². The van der Waals surface area contributed by atoms with Crippen LogP contribution in [0.3, 0.4) is 0 Å². The number of nitro groups is 1. The third-order valence-electron chi connectivity index (χ3n) is 4.96. The fourth-order valence-electron chi connectivity index (χ4n) is 3.43. The van der Waals surface area contributed by atoms with Gasteiger partial charge < -0.3 is 8.98 Å². The minimum absolute atomic E-state index is 0.0195. The van der Waals surface area contributed by atoms with Crippen molar-refractivity contribution >= 4 is 17.8 Å². The molecule has 1 amide bonds. The number of benzene rings is 2. The van der Waals surface area contributed by atoms with E-state index in [9.17, 15) is 14.9 Å². The average Bonchev–Trinajstić information content (AvgIpc) is 3.40. The molecule has 8 nitrogen and oxygen atoms in total. The molecule has 0 aliphatic carbocycles. The maximum absolute atomic E-state index is 12.5. The van der Waals surface area contributed by atoms with Gasteiger partial charge in [0.2, 0.25) is 0 Å². The van der Waals surface area contributed by atoms with E-state index in [0.717, 1.165) is 17.1 Å². The first-order chi connectivity index (χ1) is 15.4. The van der Waals surface area contributed by atoms with Gasteiger partial charge in [-0.3, -0.25) is 14.9 Å². The predicted molar refractivity (Wildman–Crippen MR) is 121 cm³/mol. The summed E-state index contributed by atoms with van der Waals surface area (Å²) in [5.41, 5.74) is 6.59. The molecule has 2 aromatic heterocycles. The standard InChI is InChI=1S/C24H20N4O4/c1-16-9-10-17(2)27(16)20-7-4-6-19(14-20)24(29)26-25-15-22-11-12-23(32-22)18-5-3-8-21(13-18)28(30)31/h3-15H,1-2H3,(H,26,29)/b25-15+. The van der Waals surface area contributed by atoms with Crippen LogP contribution in [-0.4, -0.2) is 21.6 Å². The van der Waals surface area contributed by atoms with Crippen molar-refractivity contribution in [2.75, 3.05) is 0 Å². The van der Waals surface area contributed by atoms with Crippen LogP contribution in [0.25, 0.3) is 17.0 Å². The van der Waals surface area contributed by atoms with Crippen molar-refractivity contribution < 1.29 is 14.1 Å². The number of aryl methyl sites for hydroxylation is 2. The minimum atomic E-state index is -0.460. The molecule has 0 spiro atoms. The van der Waals surface area contributed by atoms with E-state index in [4.69, 9.17) is 4.42 Å². The lowest BCUT2D eigenvalue weighted by atomic mass is 10.1. The van der Waals surface area contributed by atoms with Gasteiger partial charge >= 0.3 is 0 Å². The summed E-state index contributed by atoms with van der Waals surface area (Å²) < 4.78 is 7.73. The van der Waals surface area contributed by atoms with E-state index in [-0.39, 0.29) is 11.6 Å². The summed E-state index contributed by atoms with van der Waals surface area (Å²) in [5, 5.41) is 14.9. The Morgan fingerprint density at radius 2 is 1.78 bits per heavy atom. The van der Waals surface area contributed by atoms with Crippen LogP contribution in [-0.2, 0) is 0 Å². The number of rotatable bonds is 6. The molecule has 0 radical (unpaired) electrons. The van der Waals surface area contributed by atoms with Crippen molar-refractivity contribution in [1.82, 2.24) is 9.99 Å². The van der Waals surface area contributed by atoms with Gasteiger partial charge in [-0.2, -0.15) is 5.10 Å². The van der Waals surface area contributed by atoms with Crippen molar-refractivity contribution in [2.24, 2.45) is 5.10 Å². The zero-order chi connectivity index (χ0) is 22.7. The number of carbonyl (C=O) groups is 1. The molecule has 4 rings (SSSR count). The SMILES string of the molecule is Cc1ccc(C)n1-c1cccc(C(=O)N/N=C/c2ccc(-c3cccc([N+](=O)[O-])c3)o2)c1. The molecule has 160 valence electrons. The van der Waals surface area contributed by atoms with Crippen molar-refractivity contribution in [3.63, 3.8) is 0 Å². The number of nitrogens with zero attached hydrogens (tertiary/aromatic N) is 3. The normalized spacial score (nSPS) is 11.1. The largest absolute Gasteiger partial charge is 0.455 e. The molecule has 0 bridgehead atoms. The van der Waals surface area contributed by atoms with Gasteiger partial charge in [0.1, 0.15) is 11.5 Å². The van der Waals surface area contributed by atoms with E-state index in [2.05, 4.69) is 15.1 Å². The Balaban J connectivity index is 1.45. The summed E-state index contributed by atoms with van der Waals surface area (Å²) >= 11 is 0. The number of nitro benzene ring substituents is 1. The zero-order valence-corrected chi connectivity index (χ0v) is 17.5. The summed E-state index contributed by atoms with van der Waals surface area (Å²) in [6, 6.07) is 20.9. The molecule has 0 aliphatic rings. The van der Waals surface area contributed by atoms with Gasteiger partial charge in [-0.05, 0) is 56.3 Å². The van der Waals surface area contributed by atoms with Crippen LogP contribution < -0.4 is 5.43 Å². The highest BCUT2D eigenvalue weighted by molar-refractivity contribution is 5.95. The van der Waals surface area contributed by atoms with E-state index >= 15 is 0 Å². The first-order valence-electron chi connectivity index (χ1n) is 9.86. The second-order valence-electron chi connectivity index (χ2n) is 7.21. The Labute approximate surface area is 184 Å². The third-order valence-corrected chi connectivity index (χ3v) is 4.96.